The van der Waals surface area contributed by atoms with Crippen molar-refractivity contribution in [1.82, 2.24) is 20.2 Å². The smallest absolute Gasteiger partial charge is 0.253 e. The van der Waals surface area contributed by atoms with Crippen molar-refractivity contribution in [3.63, 3.8) is 0 Å². The van der Waals surface area contributed by atoms with Gasteiger partial charge in [0.1, 0.15) is 0 Å². The SMILES string of the molecule is CCC(C(=O)N1CCc2ccccc21)n1nnc(-c2ccc(Cl)cc2)n1. The highest BCUT2D eigenvalue weighted by Gasteiger charge is 2.31. The molecule has 4 rings (SSSR count). The molecule has 0 saturated carbocycles. The normalized spacial score (nSPS) is 14.3. The molecule has 7 heteroatoms. The van der Waals surface area contributed by atoms with Crippen LogP contribution in [0.4, 0.5) is 5.69 Å². The predicted molar refractivity (Wildman–Crippen MR) is 100 cm³/mol. The van der Waals surface area contributed by atoms with Crippen molar-refractivity contribution in [2.45, 2.75) is 25.8 Å². The first-order valence-corrected chi connectivity index (χ1v) is 9.00. The summed E-state index contributed by atoms with van der Waals surface area (Å²) in [4.78, 5) is 16.4. The van der Waals surface area contributed by atoms with E-state index in [9.17, 15) is 4.79 Å². The van der Waals surface area contributed by atoms with Gasteiger partial charge in [0.15, 0.2) is 6.04 Å². The van der Waals surface area contributed by atoms with E-state index in [2.05, 4.69) is 21.5 Å². The average Bonchev–Trinajstić information content (AvgIpc) is 3.30. The van der Waals surface area contributed by atoms with Crippen LogP contribution in [0.2, 0.25) is 5.02 Å². The summed E-state index contributed by atoms with van der Waals surface area (Å²) in [6.45, 7) is 2.64. The van der Waals surface area contributed by atoms with Gasteiger partial charge in [-0.3, -0.25) is 4.79 Å². The lowest BCUT2D eigenvalue weighted by molar-refractivity contribution is -0.122. The maximum atomic E-state index is 13.1. The number of hydrogen-bond donors (Lipinski definition) is 0. The van der Waals surface area contributed by atoms with E-state index < -0.39 is 6.04 Å². The van der Waals surface area contributed by atoms with Crippen LogP contribution in [0.15, 0.2) is 48.5 Å². The van der Waals surface area contributed by atoms with Crippen molar-refractivity contribution in [2.24, 2.45) is 0 Å². The molecule has 0 fully saturated rings. The lowest BCUT2D eigenvalue weighted by Crippen LogP contribution is -2.37. The summed E-state index contributed by atoms with van der Waals surface area (Å²) in [6.07, 6.45) is 1.47. The molecule has 1 aliphatic rings. The second kappa shape index (κ2) is 6.88. The summed E-state index contributed by atoms with van der Waals surface area (Å²) in [7, 11) is 0. The zero-order valence-corrected chi connectivity index (χ0v) is 15.1. The third-order valence-electron chi connectivity index (χ3n) is 4.63. The Morgan fingerprint density at radius 3 is 2.73 bits per heavy atom. The Labute approximate surface area is 156 Å². The summed E-state index contributed by atoms with van der Waals surface area (Å²) < 4.78 is 0. The molecule has 0 spiro atoms. The van der Waals surface area contributed by atoms with E-state index in [1.54, 1.807) is 12.1 Å². The first-order chi connectivity index (χ1) is 12.7. The highest BCUT2D eigenvalue weighted by atomic mass is 35.5. The van der Waals surface area contributed by atoms with Gasteiger partial charge in [0, 0.05) is 22.8 Å². The van der Waals surface area contributed by atoms with Gasteiger partial charge < -0.3 is 4.90 Å². The van der Waals surface area contributed by atoms with E-state index in [-0.39, 0.29) is 5.91 Å². The fourth-order valence-corrected chi connectivity index (χ4v) is 3.38. The number of carbonyl (C=O) groups is 1. The van der Waals surface area contributed by atoms with Gasteiger partial charge in [0.25, 0.3) is 5.91 Å². The topological polar surface area (TPSA) is 63.9 Å². The maximum Gasteiger partial charge on any atom is 0.253 e. The van der Waals surface area contributed by atoms with Crippen molar-refractivity contribution in [3.8, 4) is 11.4 Å². The largest absolute Gasteiger partial charge is 0.310 e. The van der Waals surface area contributed by atoms with Crippen LogP contribution in [0.25, 0.3) is 11.4 Å². The van der Waals surface area contributed by atoms with Crippen molar-refractivity contribution in [1.29, 1.82) is 0 Å². The minimum Gasteiger partial charge on any atom is -0.310 e. The molecule has 1 atom stereocenters. The van der Waals surface area contributed by atoms with E-state index in [1.807, 2.05) is 42.2 Å². The van der Waals surface area contributed by atoms with Crippen molar-refractivity contribution in [2.75, 3.05) is 11.4 Å². The third-order valence-corrected chi connectivity index (χ3v) is 4.89. The molecule has 0 N–H and O–H groups in total. The molecular formula is C19H18ClN5O. The molecule has 0 saturated heterocycles. The number of benzene rings is 2. The van der Waals surface area contributed by atoms with E-state index in [0.29, 0.717) is 23.8 Å². The summed E-state index contributed by atoms with van der Waals surface area (Å²) in [5.74, 6) is 0.479. The Morgan fingerprint density at radius 1 is 1.19 bits per heavy atom. The number of amides is 1. The van der Waals surface area contributed by atoms with E-state index in [1.165, 1.54) is 10.4 Å². The molecule has 0 bridgehead atoms. The molecule has 0 aliphatic carbocycles. The van der Waals surface area contributed by atoms with Crippen LogP contribution in [0, 0.1) is 0 Å². The minimum atomic E-state index is -0.477. The number of fused-ring (bicyclic) bond motifs is 1. The minimum absolute atomic E-state index is 0.00231. The molecule has 1 aromatic heterocycles. The highest BCUT2D eigenvalue weighted by molar-refractivity contribution is 6.30. The summed E-state index contributed by atoms with van der Waals surface area (Å²) >= 11 is 5.92. The molecular weight excluding hydrogens is 350 g/mol. The number of nitrogens with zero attached hydrogens (tertiary/aromatic N) is 5. The van der Waals surface area contributed by atoms with Crippen molar-refractivity contribution < 1.29 is 4.79 Å². The van der Waals surface area contributed by atoms with E-state index in [0.717, 1.165) is 17.7 Å². The number of hydrogen-bond acceptors (Lipinski definition) is 4. The highest BCUT2D eigenvalue weighted by Crippen LogP contribution is 2.30. The van der Waals surface area contributed by atoms with Crippen LogP contribution in [0.1, 0.15) is 24.9 Å². The lowest BCUT2D eigenvalue weighted by Gasteiger charge is -2.22. The molecule has 1 aliphatic heterocycles. The molecule has 1 unspecified atom stereocenters. The second-order valence-corrected chi connectivity index (χ2v) is 6.67. The monoisotopic (exact) mass is 367 g/mol. The lowest BCUT2D eigenvalue weighted by atomic mass is 10.1. The quantitative estimate of drug-likeness (QED) is 0.707. The number of rotatable bonds is 4. The average molecular weight is 368 g/mol. The van der Waals surface area contributed by atoms with Crippen LogP contribution in [-0.4, -0.2) is 32.7 Å². The van der Waals surface area contributed by atoms with Gasteiger partial charge in [-0.1, -0.05) is 36.7 Å². The maximum absolute atomic E-state index is 13.1. The molecule has 0 radical (unpaired) electrons. The van der Waals surface area contributed by atoms with Gasteiger partial charge in [-0.05, 0) is 54.0 Å². The standard InChI is InChI=1S/C19H18ClN5O/c1-2-16(19(26)24-12-11-13-5-3-4-6-17(13)24)25-22-18(21-23-25)14-7-9-15(20)10-8-14/h3-10,16H,2,11-12H2,1H3. The van der Waals surface area contributed by atoms with Gasteiger partial charge in [0.2, 0.25) is 5.82 Å². The zero-order valence-electron chi connectivity index (χ0n) is 14.3. The van der Waals surface area contributed by atoms with Crippen LogP contribution in [0.5, 0.6) is 0 Å². The van der Waals surface area contributed by atoms with Gasteiger partial charge in [-0.25, -0.2) is 0 Å². The molecule has 2 aromatic carbocycles. The van der Waals surface area contributed by atoms with Crippen molar-refractivity contribution >= 4 is 23.2 Å². The van der Waals surface area contributed by atoms with Gasteiger partial charge in [-0.15, -0.1) is 10.2 Å². The Kier molecular flexibility index (Phi) is 4.42. The van der Waals surface area contributed by atoms with E-state index >= 15 is 0 Å². The number of halogens is 1. The van der Waals surface area contributed by atoms with Gasteiger partial charge >= 0.3 is 0 Å². The predicted octanol–water partition coefficient (Wildman–Crippen LogP) is 3.53. The van der Waals surface area contributed by atoms with Gasteiger partial charge in [0.05, 0.1) is 0 Å². The fraction of sp³-hybridized carbons (Fsp3) is 0.263. The number of anilines is 1. The second-order valence-electron chi connectivity index (χ2n) is 6.23. The molecule has 3 aromatic rings. The number of carbonyl (C=O) groups excluding carboxylic acids is 1. The summed E-state index contributed by atoms with van der Waals surface area (Å²) in [5, 5.41) is 13.3. The number of aromatic nitrogens is 4. The summed E-state index contributed by atoms with van der Waals surface area (Å²) in [5.41, 5.74) is 2.99. The van der Waals surface area contributed by atoms with E-state index in [4.69, 9.17) is 11.6 Å². The van der Waals surface area contributed by atoms with Crippen LogP contribution >= 0.6 is 11.6 Å². The van der Waals surface area contributed by atoms with Crippen LogP contribution in [0.3, 0.4) is 0 Å². The Balaban J connectivity index is 1.60. The van der Waals surface area contributed by atoms with Gasteiger partial charge in [-0.2, -0.15) is 4.80 Å². The molecule has 132 valence electrons. The molecule has 26 heavy (non-hydrogen) atoms. The van der Waals surface area contributed by atoms with Crippen LogP contribution < -0.4 is 4.90 Å². The first kappa shape index (κ1) is 16.7. The zero-order chi connectivity index (χ0) is 18.1. The number of tetrazole rings is 1. The molecule has 6 nitrogen and oxygen atoms in total. The third kappa shape index (κ3) is 2.97. The fourth-order valence-electron chi connectivity index (χ4n) is 3.26. The Hall–Kier alpha value is -2.73. The molecule has 1 amide bonds. The summed E-state index contributed by atoms with van der Waals surface area (Å²) in [6, 6.07) is 14.8. The Bertz CT molecular complexity index is 937. The number of para-hydroxylation sites is 1. The Morgan fingerprint density at radius 2 is 1.96 bits per heavy atom. The first-order valence-electron chi connectivity index (χ1n) is 8.62. The van der Waals surface area contributed by atoms with Crippen LogP contribution in [-0.2, 0) is 11.2 Å². The molecule has 2 heterocycles. The van der Waals surface area contributed by atoms with Crippen molar-refractivity contribution in [3.05, 3.63) is 59.1 Å².